The molecule has 4 aromatic rings. The van der Waals surface area contributed by atoms with Gasteiger partial charge in [0.25, 0.3) is 10.0 Å². The van der Waals surface area contributed by atoms with Crippen molar-refractivity contribution < 1.29 is 22.7 Å². The fourth-order valence-electron chi connectivity index (χ4n) is 4.80. The van der Waals surface area contributed by atoms with Gasteiger partial charge in [-0.15, -0.1) is 0 Å². The largest absolute Gasteiger partial charge is 0.497 e. The number of sulfonamides is 1. The number of amides is 2. The minimum Gasteiger partial charge on any atom is -0.497 e. The van der Waals surface area contributed by atoms with Crippen LogP contribution in [0.2, 0.25) is 0 Å². The third-order valence-corrected chi connectivity index (χ3v) is 9.81. The first kappa shape index (κ1) is 33.7. The summed E-state index contributed by atoms with van der Waals surface area (Å²) in [7, 11) is -2.70. The maximum atomic E-state index is 14.5. The van der Waals surface area contributed by atoms with E-state index in [2.05, 4.69) is 21.2 Å². The van der Waals surface area contributed by atoms with Gasteiger partial charge in [-0.25, -0.2) is 8.42 Å². The van der Waals surface area contributed by atoms with Crippen molar-refractivity contribution in [2.45, 2.75) is 50.2 Å². The highest BCUT2D eigenvalue weighted by molar-refractivity contribution is 9.10. The van der Waals surface area contributed by atoms with Crippen LogP contribution in [0.1, 0.15) is 31.4 Å². The van der Waals surface area contributed by atoms with Crippen LogP contribution in [0.5, 0.6) is 5.75 Å². The first-order valence-corrected chi connectivity index (χ1v) is 17.0. The summed E-state index contributed by atoms with van der Waals surface area (Å²) in [6, 6.07) is 30.5. The van der Waals surface area contributed by atoms with E-state index in [-0.39, 0.29) is 35.5 Å². The summed E-state index contributed by atoms with van der Waals surface area (Å²) >= 11 is 3.46. The highest BCUT2D eigenvalue weighted by Crippen LogP contribution is 2.28. The van der Waals surface area contributed by atoms with Gasteiger partial charge in [-0.1, -0.05) is 89.6 Å². The van der Waals surface area contributed by atoms with Crippen LogP contribution in [-0.2, 0) is 32.6 Å². The summed E-state index contributed by atoms with van der Waals surface area (Å²) in [5, 5.41) is 3.05. The van der Waals surface area contributed by atoms with E-state index >= 15 is 0 Å². The number of hydrogen-bond donors (Lipinski definition) is 1. The van der Waals surface area contributed by atoms with Gasteiger partial charge in [0.05, 0.1) is 17.7 Å². The first-order chi connectivity index (χ1) is 21.6. The van der Waals surface area contributed by atoms with Crippen molar-refractivity contribution in [1.82, 2.24) is 10.2 Å². The Morgan fingerprint density at radius 2 is 1.51 bits per heavy atom. The van der Waals surface area contributed by atoms with Crippen LogP contribution in [0.25, 0.3) is 0 Å². The Labute approximate surface area is 274 Å². The molecule has 0 fully saturated rings. The molecule has 1 N–H and O–H groups in total. The molecule has 0 aliphatic rings. The second kappa shape index (κ2) is 15.7. The van der Waals surface area contributed by atoms with Crippen molar-refractivity contribution in [3.05, 3.63) is 125 Å². The average molecular weight is 693 g/mol. The fourth-order valence-corrected chi connectivity index (χ4v) is 6.49. The van der Waals surface area contributed by atoms with Gasteiger partial charge in [-0.05, 0) is 60.9 Å². The zero-order valence-corrected chi connectivity index (χ0v) is 28.0. The van der Waals surface area contributed by atoms with Gasteiger partial charge >= 0.3 is 0 Å². The van der Waals surface area contributed by atoms with Crippen LogP contribution < -0.4 is 14.4 Å². The number of nitrogens with one attached hydrogen (secondary N) is 1. The standard InChI is InChI=1S/C35H38BrN3O5S/c1-4-26(2)37-35(41)33(22-27-12-7-5-8-13-27)38(24-28-18-20-29(36)21-19-28)34(40)25-39(30-14-11-15-31(23-30)44-3)45(42,43)32-16-9-6-10-17-32/h5-21,23,26,33H,4,22,24-25H2,1-3H3,(H,37,41). The highest BCUT2D eigenvalue weighted by Gasteiger charge is 2.35. The van der Waals surface area contributed by atoms with E-state index in [0.29, 0.717) is 12.2 Å². The summed E-state index contributed by atoms with van der Waals surface area (Å²) in [5.41, 5.74) is 1.93. The third kappa shape index (κ3) is 8.95. The molecule has 0 saturated heterocycles. The molecule has 45 heavy (non-hydrogen) atoms. The second-order valence-corrected chi connectivity index (χ2v) is 13.5. The molecule has 0 bridgehead atoms. The van der Waals surface area contributed by atoms with Crippen molar-refractivity contribution in [2.24, 2.45) is 0 Å². The number of halogens is 1. The van der Waals surface area contributed by atoms with Crippen LogP contribution in [0, 0.1) is 0 Å². The molecule has 2 unspecified atom stereocenters. The number of carbonyl (C=O) groups excluding carboxylic acids is 2. The molecule has 8 nitrogen and oxygen atoms in total. The van der Waals surface area contributed by atoms with Crippen LogP contribution in [0.3, 0.4) is 0 Å². The lowest BCUT2D eigenvalue weighted by molar-refractivity contribution is -0.140. The predicted octanol–water partition coefficient (Wildman–Crippen LogP) is 6.21. The molecule has 2 atom stereocenters. The van der Waals surface area contributed by atoms with Gasteiger partial charge in [0.15, 0.2) is 0 Å². The van der Waals surface area contributed by atoms with Crippen molar-refractivity contribution in [1.29, 1.82) is 0 Å². The van der Waals surface area contributed by atoms with Crippen LogP contribution in [0.4, 0.5) is 5.69 Å². The topological polar surface area (TPSA) is 96.0 Å². The third-order valence-electron chi connectivity index (χ3n) is 7.49. The minimum atomic E-state index is -4.19. The quantitative estimate of drug-likeness (QED) is 0.170. The molecule has 0 aliphatic heterocycles. The highest BCUT2D eigenvalue weighted by atomic mass is 79.9. The zero-order chi connectivity index (χ0) is 32.4. The summed E-state index contributed by atoms with van der Waals surface area (Å²) in [6.45, 7) is 3.44. The second-order valence-electron chi connectivity index (χ2n) is 10.7. The Bertz CT molecular complexity index is 1670. The van der Waals surface area contributed by atoms with Gasteiger partial charge < -0.3 is 15.0 Å². The molecule has 4 aromatic carbocycles. The predicted molar refractivity (Wildman–Crippen MR) is 180 cm³/mol. The van der Waals surface area contributed by atoms with E-state index < -0.39 is 28.5 Å². The van der Waals surface area contributed by atoms with E-state index in [1.807, 2.05) is 68.4 Å². The van der Waals surface area contributed by atoms with Crippen molar-refractivity contribution in [3.63, 3.8) is 0 Å². The van der Waals surface area contributed by atoms with Gasteiger partial charge in [-0.2, -0.15) is 0 Å². The van der Waals surface area contributed by atoms with Gasteiger partial charge in [0.2, 0.25) is 11.8 Å². The molecular formula is C35H38BrN3O5S. The van der Waals surface area contributed by atoms with Gasteiger partial charge in [-0.3, -0.25) is 13.9 Å². The maximum absolute atomic E-state index is 14.5. The molecule has 4 rings (SSSR count). The minimum absolute atomic E-state index is 0.0374. The van der Waals surface area contributed by atoms with E-state index in [1.54, 1.807) is 42.5 Å². The van der Waals surface area contributed by atoms with Crippen molar-refractivity contribution in [3.8, 4) is 5.75 Å². The molecule has 0 saturated carbocycles. The SMILES string of the molecule is CCC(C)NC(=O)C(Cc1ccccc1)N(Cc1ccc(Br)cc1)C(=O)CN(c1cccc(OC)c1)S(=O)(=O)c1ccccc1. The molecule has 10 heteroatoms. The zero-order valence-electron chi connectivity index (χ0n) is 25.6. The number of anilines is 1. The van der Waals surface area contributed by atoms with Crippen molar-refractivity contribution in [2.75, 3.05) is 18.0 Å². The summed E-state index contributed by atoms with van der Waals surface area (Å²) in [5.74, 6) is -0.396. The maximum Gasteiger partial charge on any atom is 0.264 e. The summed E-state index contributed by atoms with van der Waals surface area (Å²) in [4.78, 5) is 30.0. The lowest BCUT2D eigenvalue weighted by Crippen LogP contribution is -2.54. The number of hydrogen-bond acceptors (Lipinski definition) is 5. The molecule has 0 aliphatic carbocycles. The van der Waals surface area contributed by atoms with Crippen molar-refractivity contribution >= 4 is 43.5 Å². The Kier molecular flexibility index (Phi) is 11.8. The monoisotopic (exact) mass is 691 g/mol. The molecule has 0 aromatic heterocycles. The summed E-state index contributed by atoms with van der Waals surface area (Å²) < 4.78 is 35.5. The number of rotatable bonds is 14. The number of nitrogens with zero attached hydrogens (tertiary/aromatic N) is 2. The van der Waals surface area contributed by atoms with Gasteiger partial charge in [0, 0.05) is 29.5 Å². The van der Waals surface area contributed by atoms with Crippen LogP contribution >= 0.6 is 15.9 Å². The molecule has 236 valence electrons. The summed E-state index contributed by atoms with van der Waals surface area (Å²) in [6.07, 6.45) is 0.958. The lowest BCUT2D eigenvalue weighted by atomic mass is 10.0. The molecular weight excluding hydrogens is 654 g/mol. The van der Waals surface area contributed by atoms with E-state index in [0.717, 1.165) is 19.9 Å². The Morgan fingerprint density at radius 1 is 0.867 bits per heavy atom. The normalized spacial score (nSPS) is 12.5. The lowest BCUT2D eigenvalue weighted by Gasteiger charge is -2.34. The number of benzene rings is 4. The molecule has 2 amide bonds. The fraction of sp³-hybridized carbons (Fsp3) is 0.257. The smallest absolute Gasteiger partial charge is 0.264 e. The van der Waals surface area contributed by atoms with Crippen LogP contribution in [0.15, 0.2) is 119 Å². The molecule has 0 heterocycles. The van der Waals surface area contributed by atoms with E-state index in [1.165, 1.54) is 24.1 Å². The average Bonchev–Trinajstić information content (AvgIpc) is 3.06. The Hall–Kier alpha value is -4.15. The molecule has 0 radical (unpaired) electrons. The number of ether oxygens (including phenoxy) is 1. The first-order valence-electron chi connectivity index (χ1n) is 14.7. The van der Waals surface area contributed by atoms with Gasteiger partial charge in [0.1, 0.15) is 18.3 Å². The Balaban J connectivity index is 1.81. The molecule has 0 spiro atoms. The number of carbonyl (C=O) groups is 2. The van der Waals surface area contributed by atoms with E-state index in [9.17, 15) is 18.0 Å². The number of methoxy groups -OCH3 is 1. The Morgan fingerprint density at radius 3 is 2.13 bits per heavy atom. The van der Waals surface area contributed by atoms with E-state index in [4.69, 9.17) is 4.74 Å². The van der Waals surface area contributed by atoms with Crippen LogP contribution in [-0.4, -0.2) is 50.9 Å².